The van der Waals surface area contributed by atoms with Gasteiger partial charge in [-0.25, -0.2) is 9.78 Å². The first-order valence-corrected chi connectivity index (χ1v) is 10.4. The van der Waals surface area contributed by atoms with Crippen LogP contribution in [0.5, 0.6) is 11.5 Å². The summed E-state index contributed by atoms with van der Waals surface area (Å²) in [6.07, 6.45) is 0. The van der Waals surface area contributed by atoms with Crippen molar-refractivity contribution in [2.45, 2.75) is 6.92 Å². The molecule has 4 rings (SSSR count). The Hall–Kier alpha value is -3.33. The lowest BCUT2D eigenvalue weighted by atomic mass is 10.2. The lowest BCUT2D eigenvalue weighted by molar-refractivity contribution is -0.116. The van der Waals surface area contributed by atoms with E-state index in [1.807, 2.05) is 49.4 Å². The molecule has 0 spiro atoms. The van der Waals surface area contributed by atoms with E-state index in [1.165, 1.54) is 16.2 Å². The summed E-state index contributed by atoms with van der Waals surface area (Å²) in [4.78, 5) is 32.9. The lowest BCUT2D eigenvalue weighted by Gasteiger charge is -2.20. The van der Waals surface area contributed by atoms with Gasteiger partial charge in [0.1, 0.15) is 18.0 Å². The minimum atomic E-state index is -0.283. The topological polar surface area (TPSA) is 84.0 Å². The van der Waals surface area contributed by atoms with Gasteiger partial charge < -0.3 is 19.7 Å². The highest BCUT2D eigenvalue weighted by molar-refractivity contribution is 7.22. The highest BCUT2D eigenvalue weighted by Crippen LogP contribution is 2.31. The molecule has 30 heavy (non-hydrogen) atoms. The number of carbonyl (C=O) groups excluding carboxylic acids is 2. The Balaban J connectivity index is 1.41. The molecular formula is C21H22N4O4S. The largest absolute Gasteiger partial charge is 0.495 e. The molecule has 3 aromatic rings. The summed E-state index contributed by atoms with van der Waals surface area (Å²) in [5, 5.41) is 3.30. The predicted molar refractivity (Wildman–Crippen MR) is 117 cm³/mol. The molecule has 1 saturated heterocycles. The fraction of sp³-hybridized carbons (Fsp3) is 0.286. The number of hydrogen-bond acceptors (Lipinski definition) is 6. The summed E-state index contributed by atoms with van der Waals surface area (Å²) < 4.78 is 11.8. The Morgan fingerprint density at radius 2 is 2.07 bits per heavy atom. The van der Waals surface area contributed by atoms with Gasteiger partial charge in [0, 0.05) is 13.1 Å². The summed E-state index contributed by atoms with van der Waals surface area (Å²) in [6.45, 7) is 3.43. The highest BCUT2D eigenvalue weighted by Gasteiger charge is 2.32. The Morgan fingerprint density at radius 3 is 2.87 bits per heavy atom. The summed E-state index contributed by atoms with van der Waals surface area (Å²) in [6, 6.07) is 12.7. The van der Waals surface area contributed by atoms with E-state index in [2.05, 4.69) is 10.3 Å². The van der Waals surface area contributed by atoms with Crippen molar-refractivity contribution in [1.29, 1.82) is 0 Å². The second kappa shape index (κ2) is 8.58. The first-order valence-electron chi connectivity index (χ1n) is 9.61. The number of rotatable bonds is 7. The minimum Gasteiger partial charge on any atom is -0.495 e. The third-order valence-corrected chi connectivity index (χ3v) is 5.66. The van der Waals surface area contributed by atoms with Gasteiger partial charge in [0.2, 0.25) is 5.91 Å². The number of urea groups is 1. The molecule has 1 aliphatic heterocycles. The predicted octanol–water partition coefficient (Wildman–Crippen LogP) is 3.58. The Bertz CT molecular complexity index is 1080. The number of para-hydroxylation sites is 2. The fourth-order valence-electron chi connectivity index (χ4n) is 3.35. The molecule has 0 bridgehead atoms. The number of thiazole rings is 1. The molecule has 0 aliphatic carbocycles. The quantitative estimate of drug-likeness (QED) is 0.624. The second-order valence-electron chi connectivity index (χ2n) is 6.66. The first kappa shape index (κ1) is 20.0. The zero-order valence-electron chi connectivity index (χ0n) is 16.8. The molecule has 8 nitrogen and oxygen atoms in total. The maximum atomic E-state index is 12.8. The SMILES string of the molecule is CCOc1ccc2nc(NC(=O)CN3CCN(c4ccccc4OC)C3=O)sc2c1. The summed E-state index contributed by atoms with van der Waals surface area (Å²) in [5.74, 6) is 1.11. The molecule has 1 N–H and O–H groups in total. The Morgan fingerprint density at radius 1 is 1.23 bits per heavy atom. The molecule has 0 radical (unpaired) electrons. The van der Waals surface area contributed by atoms with Gasteiger partial charge in [0.15, 0.2) is 5.13 Å². The Labute approximate surface area is 178 Å². The summed E-state index contributed by atoms with van der Waals surface area (Å²) >= 11 is 1.37. The van der Waals surface area contributed by atoms with E-state index in [0.717, 1.165) is 16.0 Å². The van der Waals surface area contributed by atoms with Crippen LogP contribution >= 0.6 is 11.3 Å². The van der Waals surface area contributed by atoms with Gasteiger partial charge in [-0.2, -0.15) is 0 Å². The van der Waals surface area contributed by atoms with Crippen LogP contribution in [0.3, 0.4) is 0 Å². The van der Waals surface area contributed by atoms with Gasteiger partial charge in [-0.15, -0.1) is 0 Å². The van der Waals surface area contributed by atoms with Gasteiger partial charge >= 0.3 is 6.03 Å². The minimum absolute atomic E-state index is 0.0371. The summed E-state index contributed by atoms with van der Waals surface area (Å²) in [5.41, 5.74) is 1.49. The second-order valence-corrected chi connectivity index (χ2v) is 7.69. The van der Waals surface area contributed by atoms with E-state index >= 15 is 0 Å². The average Bonchev–Trinajstić information content (AvgIpc) is 3.30. The van der Waals surface area contributed by atoms with Gasteiger partial charge in [0.05, 0.1) is 29.6 Å². The molecule has 1 fully saturated rings. The van der Waals surface area contributed by atoms with Gasteiger partial charge in [0.25, 0.3) is 0 Å². The zero-order chi connectivity index (χ0) is 21.1. The molecule has 0 saturated carbocycles. The molecule has 0 atom stereocenters. The van der Waals surface area contributed by atoms with Crippen LogP contribution in [0.15, 0.2) is 42.5 Å². The number of amides is 3. The van der Waals surface area contributed by atoms with Crippen molar-refractivity contribution in [2.24, 2.45) is 0 Å². The van der Waals surface area contributed by atoms with Crippen LogP contribution in [0.1, 0.15) is 6.92 Å². The Kier molecular flexibility index (Phi) is 5.71. The molecule has 9 heteroatoms. The van der Waals surface area contributed by atoms with Gasteiger partial charge in [-0.3, -0.25) is 9.69 Å². The van der Waals surface area contributed by atoms with Crippen LogP contribution in [-0.2, 0) is 4.79 Å². The maximum absolute atomic E-state index is 12.8. The number of carbonyl (C=O) groups is 2. The smallest absolute Gasteiger partial charge is 0.325 e. The molecule has 3 amide bonds. The van der Waals surface area contributed by atoms with Crippen LogP contribution in [-0.4, -0.2) is 55.2 Å². The molecule has 1 aromatic heterocycles. The number of benzene rings is 2. The molecule has 156 valence electrons. The lowest BCUT2D eigenvalue weighted by Crippen LogP contribution is -2.37. The van der Waals surface area contributed by atoms with Crippen molar-refractivity contribution >= 4 is 44.3 Å². The molecule has 1 aliphatic rings. The third kappa shape index (κ3) is 4.02. The molecule has 0 unspecified atom stereocenters. The normalized spacial score (nSPS) is 13.7. The number of methoxy groups -OCH3 is 1. The molecule has 2 heterocycles. The maximum Gasteiger partial charge on any atom is 0.325 e. The van der Waals surface area contributed by atoms with Gasteiger partial charge in [-0.05, 0) is 37.3 Å². The van der Waals surface area contributed by atoms with Crippen molar-refractivity contribution < 1.29 is 19.1 Å². The first-order chi connectivity index (χ1) is 14.6. The van der Waals surface area contributed by atoms with Crippen LogP contribution in [0.25, 0.3) is 10.2 Å². The van der Waals surface area contributed by atoms with Crippen LogP contribution in [0.4, 0.5) is 15.6 Å². The van der Waals surface area contributed by atoms with E-state index in [-0.39, 0.29) is 18.5 Å². The third-order valence-electron chi connectivity index (χ3n) is 4.72. The average molecular weight is 426 g/mol. The number of nitrogens with zero attached hydrogens (tertiary/aromatic N) is 3. The van der Waals surface area contributed by atoms with Crippen molar-refractivity contribution in [3.05, 3.63) is 42.5 Å². The summed E-state index contributed by atoms with van der Waals surface area (Å²) in [7, 11) is 1.57. The fourth-order valence-corrected chi connectivity index (χ4v) is 4.26. The van der Waals surface area contributed by atoms with Crippen LogP contribution in [0, 0.1) is 0 Å². The monoisotopic (exact) mass is 426 g/mol. The van der Waals surface area contributed by atoms with Crippen LogP contribution in [0.2, 0.25) is 0 Å². The van der Waals surface area contributed by atoms with Crippen molar-refractivity contribution in [3.63, 3.8) is 0 Å². The number of anilines is 2. The van der Waals surface area contributed by atoms with E-state index in [1.54, 1.807) is 12.0 Å². The van der Waals surface area contributed by atoms with Crippen molar-refractivity contribution in [3.8, 4) is 11.5 Å². The number of fused-ring (bicyclic) bond motifs is 1. The number of nitrogens with one attached hydrogen (secondary N) is 1. The molecule has 2 aromatic carbocycles. The van der Waals surface area contributed by atoms with E-state index < -0.39 is 0 Å². The van der Waals surface area contributed by atoms with E-state index in [0.29, 0.717) is 36.3 Å². The van der Waals surface area contributed by atoms with Crippen molar-refractivity contribution in [2.75, 3.05) is 43.6 Å². The van der Waals surface area contributed by atoms with Crippen molar-refractivity contribution in [1.82, 2.24) is 9.88 Å². The standard InChI is InChI=1S/C21H22N4O4S/c1-3-29-14-8-9-15-18(12-14)30-20(22-15)23-19(26)13-24-10-11-25(21(24)27)16-6-4-5-7-17(16)28-2/h4-9,12H,3,10-11,13H2,1-2H3,(H,22,23,26). The van der Waals surface area contributed by atoms with Gasteiger partial charge in [-0.1, -0.05) is 23.5 Å². The highest BCUT2D eigenvalue weighted by atomic mass is 32.1. The van der Waals surface area contributed by atoms with E-state index in [4.69, 9.17) is 9.47 Å². The van der Waals surface area contributed by atoms with E-state index in [9.17, 15) is 9.59 Å². The zero-order valence-corrected chi connectivity index (χ0v) is 17.6. The number of aromatic nitrogens is 1. The van der Waals surface area contributed by atoms with Crippen LogP contribution < -0.4 is 19.7 Å². The number of ether oxygens (including phenoxy) is 2. The molecular weight excluding hydrogens is 404 g/mol. The number of hydrogen-bond donors (Lipinski definition) is 1.